The Bertz CT molecular complexity index is 1410. The maximum absolute atomic E-state index is 12.5. The summed E-state index contributed by atoms with van der Waals surface area (Å²) in [6, 6.07) is 12.3. The van der Waals surface area contributed by atoms with Gasteiger partial charge in [0.15, 0.2) is 11.5 Å². The topological polar surface area (TPSA) is 143 Å². The third kappa shape index (κ3) is 5.95. The van der Waals surface area contributed by atoms with Gasteiger partial charge in [-0.2, -0.15) is 10.5 Å². The molecule has 1 aromatic heterocycles. The molecular weight excluding hydrogens is 537 g/mol. The largest absolute Gasteiger partial charge is 0.493 e. The van der Waals surface area contributed by atoms with Crippen LogP contribution in [0.15, 0.2) is 35.4 Å². The molecule has 0 aliphatic carbocycles. The van der Waals surface area contributed by atoms with Crippen molar-refractivity contribution in [1.82, 2.24) is 4.98 Å². The van der Waals surface area contributed by atoms with Gasteiger partial charge in [0, 0.05) is 17.7 Å². The van der Waals surface area contributed by atoms with Gasteiger partial charge in [0.1, 0.15) is 28.5 Å². The molecule has 9 nitrogen and oxygen atoms in total. The maximum Gasteiger partial charge on any atom is 0.225 e. The Morgan fingerprint density at radius 2 is 1.73 bits per heavy atom. The molecule has 12 heteroatoms. The highest BCUT2D eigenvalue weighted by molar-refractivity contribution is 7.99. The van der Waals surface area contributed by atoms with Gasteiger partial charge >= 0.3 is 0 Å². The van der Waals surface area contributed by atoms with Crippen LogP contribution in [0, 0.1) is 22.7 Å². The Balaban J connectivity index is 1.95. The summed E-state index contributed by atoms with van der Waals surface area (Å²) in [6.07, 6.45) is 0.0828. The van der Waals surface area contributed by atoms with E-state index in [9.17, 15) is 15.3 Å². The molecule has 0 aliphatic rings. The van der Waals surface area contributed by atoms with Crippen LogP contribution in [-0.2, 0) is 4.79 Å². The van der Waals surface area contributed by atoms with E-state index in [1.54, 1.807) is 30.3 Å². The summed E-state index contributed by atoms with van der Waals surface area (Å²) in [5.74, 6) is 0.944. The molecule has 3 rings (SSSR count). The number of anilines is 2. The van der Waals surface area contributed by atoms with Crippen molar-refractivity contribution in [2.75, 3.05) is 38.1 Å². The molecule has 190 valence electrons. The predicted molar refractivity (Wildman–Crippen MR) is 144 cm³/mol. The molecule has 0 atom stereocenters. The molecule has 0 unspecified atom stereocenters. The zero-order chi connectivity index (χ0) is 27.1. The number of hydrogen-bond acceptors (Lipinski definition) is 9. The van der Waals surface area contributed by atoms with Gasteiger partial charge in [-0.1, -0.05) is 29.3 Å². The number of thioether (sulfide) groups is 1. The second-order valence-corrected chi connectivity index (χ2v) is 9.18. The highest BCUT2D eigenvalue weighted by Crippen LogP contribution is 2.44. The molecule has 0 saturated carbocycles. The summed E-state index contributed by atoms with van der Waals surface area (Å²) in [7, 11) is 4.39. The fraction of sp³-hybridized carbons (Fsp3) is 0.200. The summed E-state index contributed by atoms with van der Waals surface area (Å²) in [5.41, 5.74) is 7.38. The molecule has 37 heavy (non-hydrogen) atoms. The molecule has 3 N–H and O–H groups in total. The van der Waals surface area contributed by atoms with Gasteiger partial charge in [-0.25, -0.2) is 4.98 Å². The number of rotatable bonds is 9. The fourth-order valence-electron chi connectivity index (χ4n) is 3.47. The summed E-state index contributed by atoms with van der Waals surface area (Å²) in [6.45, 7) is 0. The Hall–Kier alpha value is -3.83. The average Bonchev–Trinajstić information content (AvgIpc) is 2.89. The quantitative estimate of drug-likeness (QED) is 0.324. The van der Waals surface area contributed by atoms with Gasteiger partial charge < -0.3 is 25.3 Å². The molecule has 1 amide bonds. The van der Waals surface area contributed by atoms with Crippen molar-refractivity contribution >= 4 is 52.4 Å². The van der Waals surface area contributed by atoms with Crippen molar-refractivity contribution in [2.45, 2.75) is 11.4 Å². The molecular formula is C25H21Cl2N5O4S. The van der Waals surface area contributed by atoms with Gasteiger partial charge in [-0.05, 0) is 29.8 Å². The van der Waals surface area contributed by atoms with E-state index in [2.05, 4.69) is 16.4 Å². The number of benzene rings is 2. The number of carbonyl (C=O) groups is 1. The number of aromatic nitrogens is 1. The molecule has 0 bridgehead atoms. The Labute approximate surface area is 228 Å². The van der Waals surface area contributed by atoms with Crippen LogP contribution in [0.4, 0.5) is 11.5 Å². The van der Waals surface area contributed by atoms with Crippen LogP contribution in [-0.4, -0.2) is 38.0 Å². The highest BCUT2D eigenvalue weighted by Gasteiger charge is 2.24. The molecule has 1 heterocycles. The normalized spacial score (nSPS) is 10.2. The van der Waals surface area contributed by atoms with Crippen molar-refractivity contribution < 1.29 is 19.0 Å². The van der Waals surface area contributed by atoms with Crippen molar-refractivity contribution in [3.05, 3.63) is 51.5 Å². The van der Waals surface area contributed by atoms with E-state index in [4.69, 9.17) is 43.1 Å². The lowest BCUT2D eigenvalue weighted by atomic mass is 9.96. The summed E-state index contributed by atoms with van der Waals surface area (Å²) >= 11 is 13.3. The van der Waals surface area contributed by atoms with Crippen molar-refractivity contribution in [2.24, 2.45) is 0 Å². The monoisotopic (exact) mass is 557 g/mol. The van der Waals surface area contributed by atoms with E-state index in [1.807, 2.05) is 6.07 Å². The average molecular weight is 558 g/mol. The van der Waals surface area contributed by atoms with Crippen LogP contribution in [0.3, 0.4) is 0 Å². The van der Waals surface area contributed by atoms with Crippen LogP contribution >= 0.6 is 35.0 Å². The Kier molecular flexibility index (Phi) is 9.31. The van der Waals surface area contributed by atoms with Crippen molar-refractivity contribution in [3.63, 3.8) is 0 Å². The second kappa shape index (κ2) is 12.4. The van der Waals surface area contributed by atoms with E-state index >= 15 is 0 Å². The molecule has 0 spiro atoms. The first-order valence-corrected chi connectivity index (χ1v) is 12.3. The van der Waals surface area contributed by atoms with Crippen LogP contribution in [0.2, 0.25) is 10.0 Å². The number of nitrogen functional groups attached to an aromatic ring is 1. The van der Waals surface area contributed by atoms with Crippen molar-refractivity contribution in [1.29, 1.82) is 10.5 Å². The second-order valence-electron chi connectivity index (χ2n) is 7.31. The minimum Gasteiger partial charge on any atom is -0.493 e. The third-order valence-electron chi connectivity index (χ3n) is 5.16. The number of nitrogens with zero attached hydrogens (tertiary/aromatic N) is 3. The van der Waals surface area contributed by atoms with E-state index in [-0.39, 0.29) is 50.6 Å². The van der Waals surface area contributed by atoms with Gasteiger partial charge in [0.05, 0.1) is 42.6 Å². The highest BCUT2D eigenvalue weighted by atomic mass is 35.5. The third-order valence-corrected chi connectivity index (χ3v) is 6.96. The summed E-state index contributed by atoms with van der Waals surface area (Å²) in [5, 5.41) is 23.4. The van der Waals surface area contributed by atoms with Gasteiger partial charge in [-0.3, -0.25) is 4.79 Å². The van der Waals surface area contributed by atoms with Crippen molar-refractivity contribution in [3.8, 4) is 40.5 Å². The zero-order valence-corrected chi connectivity index (χ0v) is 22.3. The van der Waals surface area contributed by atoms with Crippen LogP contribution < -0.4 is 25.3 Å². The van der Waals surface area contributed by atoms with E-state index in [0.29, 0.717) is 33.5 Å². The Morgan fingerprint density at radius 3 is 2.30 bits per heavy atom. The van der Waals surface area contributed by atoms with E-state index < -0.39 is 0 Å². The number of pyridine rings is 1. The van der Waals surface area contributed by atoms with Gasteiger partial charge in [0.25, 0.3) is 0 Å². The molecule has 0 saturated heterocycles. The molecule has 3 aromatic rings. The number of nitrogens with two attached hydrogens (primary N) is 1. The molecule has 0 fully saturated rings. The zero-order valence-electron chi connectivity index (χ0n) is 20.0. The first-order valence-electron chi connectivity index (χ1n) is 10.6. The number of ether oxygens (including phenoxy) is 3. The first-order chi connectivity index (χ1) is 17.8. The van der Waals surface area contributed by atoms with Gasteiger partial charge in [-0.15, -0.1) is 11.8 Å². The first kappa shape index (κ1) is 27.8. The number of halogens is 2. The lowest BCUT2D eigenvalue weighted by Gasteiger charge is -2.17. The number of hydrogen-bond donors (Lipinski definition) is 2. The number of carbonyl (C=O) groups excluding carboxylic acids is 1. The minimum absolute atomic E-state index is 0.0310. The van der Waals surface area contributed by atoms with E-state index in [0.717, 1.165) is 11.8 Å². The predicted octanol–water partition coefficient (Wildman–Crippen LogP) is 5.53. The lowest BCUT2D eigenvalue weighted by molar-refractivity contribution is -0.115. The van der Waals surface area contributed by atoms with Crippen LogP contribution in [0.5, 0.6) is 17.2 Å². The Morgan fingerprint density at radius 1 is 1.08 bits per heavy atom. The smallest absolute Gasteiger partial charge is 0.225 e. The summed E-state index contributed by atoms with van der Waals surface area (Å²) in [4.78, 5) is 16.7. The number of amides is 1. The van der Waals surface area contributed by atoms with Gasteiger partial charge in [0.2, 0.25) is 11.7 Å². The number of nitriles is 2. The molecule has 0 radical (unpaired) electrons. The molecule has 0 aliphatic heterocycles. The van der Waals surface area contributed by atoms with Crippen LogP contribution in [0.25, 0.3) is 11.1 Å². The number of methoxy groups -OCH3 is 3. The standard InChI is InChI=1S/C25H21Cl2N5O4S/c1-34-18-9-13(10-19(35-2)23(18)36-3)21-14(11-28)24(30)32-25(15(21)12-29)37-8-7-20(33)31-17-6-4-5-16(26)22(17)27/h4-6,9-10H,7-8H2,1-3H3,(H2,30,32)(H,31,33). The summed E-state index contributed by atoms with van der Waals surface area (Å²) < 4.78 is 16.2. The minimum atomic E-state index is -0.304. The lowest BCUT2D eigenvalue weighted by Crippen LogP contribution is -2.13. The van der Waals surface area contributed by atoms with E-state index in [1.165, 1.54) is 21.3 Å². The van der Waals surface area contributed by atoms with Crippen LogP contribution in [0.1, 0.15) is 17.5 Å². The number of nitrogens with one attached hydrogen (secondary N) is 1. The SMILES string of the molecule is COc1cc(-c2c(C#N)c(N)nc(SCCC(=O)Nc3cccc(Cl)c3Cl)c2C#N)cc(OC)c1OC. The fourth-order valence-corrected chi connectivity index (χ4v) is 4.75. The molecule has 2 aromatic carbocycles. The maximum atomic E-state index is 12.5.